The van der Waals surface area contributed by atoms with Crippen molar-refractivity contribution in [1.29, 1.82) is 0 Å². The Morgan fingerprint density at radius 1 is 1.38 bits per heavy atom. The molecule has 7 heteroatoms. The predicted molar refractivity (Wildman–Crippen MR) is 72.6 cm³/mol. The summed E-state index contributed by atoms with van der Waals surface area (Å²) in [5, 5.41) is 15.2. The second kappa shape index (κ2) is 6.25. The van der Waals surface area contributed by atoms with Crippen molar-refractivity contribution < 1.29 is 23.6 Å². The molecule has 0 bridgehead atoms. The standard InChI is InChI=1S/C14H16N2O5/c1-8(2)9(7-13(17)18)15-14(19)10-6-12(21-16-10)11-4-3-5-20-11/h3-6,8-9H,7H2,1-2H3,(H,15,19)(H,17,18). The molecule has 112 valence electrons. The van der Waals surface area contributed by atoms with Crippen LogP contribution in [-0.4, -0.2) is 28.2 Å². The van der Waals surface area contributed by atoms with Crippen molar-refractivity contribution in [3.63, 3.8) is 0 Å². The third-order valence-corrected chi connectivity index (χ3v) is 3.02. The lowest BCUT2D eigenvalue weighted by atomic mass is 10.0. The van der Waals surface area contributed by atoms with Gasteiger partial charge in [0, 0.05) is 12.1 Å². The summed E-state index contributed by atoms with van der Waals surface area (Å²) in [6.45, 7) is 3.68. The van der Waals surface area contributed by atoms with E-state index in [0.29, 0.717) is 11.5 Å². The highest BCUT2D eigenvalue weighted by atomic mass is 16.5. The van der Waals surface area contributed by atoms with Crippen LogP contribution in [0.2, 0.25) is 0 Å². The number of carbonyl (C=O) groups is 2. The molecule has 1 amide bonds. The van der Waals surface area contributed by atoms with Crippen LogP contribution in [0.5, 0.6) is 0 Å². The normalized spacial score (nSPS) is 12.3. The van der Waals surface area contributed by atoms with Crippen LogP contribution in [0.15, 0.2) is 33.4 Å². The molecule has 0 saturated heterocycles. The molecule has 0 fully saturated rings. The molecule has 0 aliphatic heterocycles. The summed E-state index contributed by atoms with van der Waals surface area (Å²) in [7, 11) is 0. The molecular formula is C14H16N2O5. The van der Waals surface area contributed by atoms with Gasteiger partial charge in [0.05, 0.1) is 12.7 Å². The maximum atomic E-state index is 12.1. The van der Waals surface area contributed by atoms with Crippen molar-refractivity contribution in [2.45, 2.75) is 26.3 Å². The smallest absolute Gasteiger partial charge is 0.305 e. The summed E-state index contributed by atoms with van der Waals surface area (Å²) in [6, 6.07) is 4.36. The molecule has 0 aliphatic carbocycles. The summed E-state index contributed by atoms with van der Waals surface area (Å²) in [4.78, 5) is 22.9. The molecule has 2 rings (SSSR count). The SMILES string of the molecule is CC(C)C(CC(=O)O)NC(=O)c1cc(-c2ccco2)on1. The van der Waals surface area contributed by atoms with Crippen molar-refractivity contribution in [3.05, 3.63) is 30.2 Å². The number of nitrogens with zero attached hydrogens (tertiary/aromatic N) is 1. The van der Waals surface area contributed by atoms with Crippen LogP contribution in [0, 0.1) is 5.92 Å². The molecule has 0 radical (unpaired) electrons. The van der Waals surface area contributed by atoms with Gasteiger partial charge in [0.25, 0.3) is 5.91 Å². The maximum absolute atomic E-state index is 12.1. The van der Waals surface area contributed by atoms with Gasteiger partial charge < -0.3 is 19.4 Å². The van der Waals surface area contributed by atoms with E-state index in [4.69, 9.17) is 14.0 Å². The molecule has 2 aromatic rings. The fourth-order valence-corrected chi connectivity index (χ4v) is 1.80. The summed E-state index contributed by atoms with van der Waals surface area (Å²) >= 11 is 0. The first kappa shape index (κ1) is 14.8. The molecule has 1 unspecified atom stereocenters. The number of carboxylic acid groups (broad SMARTS) is 1. The quantitative estimate of drug-likeness (QED) is 0.845. The van der Waals surface area contributed by atoms with E-state index in [1.807, 2.05) is 13.8 Å². The lowest BCUT2D eigenvalue weighted by Crippen LogP contribution is -2.40. The number of hydrogen-bond donors (Lipinski definition) is 2. The number of nitrogens with one attached hydrogen (secondary N) is 1. The molecule has 0 aromatic carbocycles. The summed E-state index contributed by atoms with van der Waals surface area (Å²) in [6.07, 6.45) is 1.34. The van der Waals surface area contributed by atoms with E-state index < -0.39 is 17.9 Å². The fourth-order valence-electron chi connectivity index (χ4n) is 1.80. The fraction of sp³-hybridized carbons (Fsp3) is 0.357. The van der Waals surface area contributed by atoms with Crippen LogP contribution < -0.4 is 5.32 Å². The van der Waals surface area contributed by atoms with Crippen molar-refractivity contribution in [1.82, 2.24) is 10.5 Å². The topological polar surface area (TPSA) is 106 Å². The largest absolute Gasteiger partial charge is 0.481 e. The van der Waals surface area contributed by atoms with E-state index in [-0.39, 0.29) is 18.0 Å². The first-order chi connectivity index (χ1) is 9.97. The number of aliphatic carboxylic acids is 1. The van der Waals surface area contributed by atoms with E-state index in [9.17, 15) is 9.59 Å². The van der Waals surface area contributed by atoms with Crippen molar-refractivity contribution >= 4 is 11.9 Å². The number of hydrogen-bond acceptors (Lipinski definition) is 5. The van der Waals surface area contributed by atoms with E-state index >= 15 is 0 Å². The zero-order valence-electron chi connectivity index (χ0n) is 11.7. The third-order valence-electron chi connectivity index (χ3n) is 3.02. The van der Waals surface area contributed by atoms with Gasteiger partial charge in [-0.15, -0.1) is 0 Å². The molecular weight excluding hydrogens is 276 g/mol. The van der Waals surface area contributed by atoms with Gasteiger partial charge in [-0.2, -0.15) is 0 Å². The Morgan fingerprint density at radius 2 is 2.14 bits per heavy atom. The van der Waals surface area contributed by atoms with Crippen molar-refractivity contribution in [2.24, 2.45) is 5.92 Å². The second-order valence-corrected chi connectivity index (χ2v) is 4.98. The number of carbonyl (C=O) groups excluding carboxylic acids is 1. The highest BCUT2D eigenvalue weighted by Gasteiger charge is 2.22. The van der Waals surface area contributed by atoms with E-state index in [1.54, 1.807) is 12.1 Å². The van der Waals surface area contributed by atoms with Gasteiger partial charge in [0.15, 0.2) is 11.5 Å². The van der Waals surface area contributed by atoms with Crippen LogP contribution in [0.25, 0.3) is 11.5 Å². The first-order valence-electron chi connectivity index (χ1n) is 6.50. The van der Waals surface area contributed by atoms with Crippen LogP contribution in [0.4, 0.5) is 0 Å². The lowest BCUT2D eigenvalue weighted by molar-refractivity contribution is -0.137. The number of rotatable bonds is 6. The van der Waals surface area contributed by atoms with Crippen molar-refractivity contribution in [3.8, 4) is 11.5 Å². The van der Waals surface area contributed by atoms with Crippen LogP contribution >= 0.6 is 0 Å². The van der Waals surface area contributed by atoms with Crippen molar-refractivity contribution in [2.75, 3.05) is 0 Å². The highest BCUT2D eigenvalue weighted by molar-refractivity contribution is 5.93. The predicted octanol–water partition coefficient (Wildman–Crippen LogP) is 2.16. The zero-order chi connectivity index (χ0) is 15.4. The molecule has 2 aromatic heterocycles. The molecule has 7 nitrogen and oxygen atoms in total. The monoisotopic (exact) mass is 292 g/mol. The minimum Gasteiger partial charge on any atom is -0.481 e. The number of aromatic nitrogens is 1. The average Bonchev–Trinajstić information content (AvgIpc) is 3.08. The number of carboxylic acids is 1. The Morgan fingerprint density at radius 3 is 2.71 bits per heavy atom. The molecule has 1 atom stereocenters. The molecule has 21 heavy (non-hydrogen) atoms. The van der Waals surface area contributed by atoms with Crippen LogP contribution in [0.3, 0.4) is 0 Å². The Hall–Kier alpha value is -2.57. The van der Waals surface area contributed by atoms with Crippen LogP contribution in [0.1, 0.15) is 30.8 Å². The van der Waals surface area contributed by atoms with Gasteiger partial charge in [0.1, 0.15) is 0 Å². The van der Waals surface area contributed by atoms with Gasteiger partial charge in [-0.1, -0.05) is 19.0 Å². The Balaban J connectivity index is 2.07. The second-order valence-electron chi connectivity index (χ2n) is 4.98. The van der Waals surface area contributed by atoms with Gasteiger partial charge >= 0.3 is 5.97 Å². The van der Waals surface area contributed by atoms with Gasteiger partial charge in [-0.25, -0.2) is 0 Å². The van der Waals surface area contributed by atoms with Crippen LogP contribution in [-0.2, 0) is 4.79 Å². The Kier molecular flexibility index (Phi) is 4.42. The Labute approximate surface area is 120 Å². The van der Waals surface area contributed by atoms with E-state index in [2.05, 4.69) is 10.5 Å². The molecule has 0 spiro atoms. The molecule has 0 saturated carbocycles. The number of amides is 1. The van der Waals surface area contributed by atoms with E-state index in [0.717, 1.165) is 0 Å². The zero-order valence-corrected chi connectivity index (χ0v) is 11.7. The highest BCUT2D eigenvalue weighted by Crippen LogP contribution is 2.20. The molecule has 0 aliphatic rings. The summed E-state index contributed by atoms with van der Waals surface area (Å²) in [5.41, 5.74) is 0.0810. The molecule has 2 heterocycles. The maximum Gasteiger partial charge on any atom is 0.305 e. The molecule has 2 N–H and O–H groups in total. The average molecular weight is 292 g/mol. The minimum absolute atomic E-state index is 0.0125. The van der Waals surface area contributed by atoms with Gasteiger partial charge in [-0.3, -0.25) is 9.59 Å². The first-order valence-corrected chi connectivity index (χ1v) is 6.50. The van der Waals surface area contributed by atoms with Gasteiger partial charge in [0.2, 0.25) is 5.76 Å². The number of furan rings is 1. The Bertz CT molecular complexity index is 615. The lowest BCUT2D eigenvalue weighted by Gasteiger charge is -2.19. The van der Waals surface area contributed by atoms with E-state index in [1.165, 1.54) is 12.3 Å². The summed E-state index contributed by atoms with van der Waals surface area (Å²) < 4.78 is 10.2. The third kappa shape index (κ3) is 3.71. The summed E-state index contributed by atoms with van der Waals surface area (Å²) in [5.74, 6) is -0.652. The minimum atomic E-state index is -0.967. The van der Waals surface area contributed by atoms with Gasteiger partial charge in [-0.05, 0) is 18.1 Å².